The van der Waals surface area contributed by atoms with Crippen molar-refractivity contribution in [2.75, 3.05) is 6.54 Å². The Labute approximate surface area is 221 Å². The fraction of sp³-hybridized carbons (Fsp3) is 0.379. The molecule has 0 unspecified atom stereocenters. The number of H-pyrrole nitrogens is 1. The van der Waals surface area contributed by atoms with Gasteiger partial charge in [0.25, 0.3) is 5.91 Å². The number of likely N-dealkylation sites (tertiary alicyclic amines) is 1. The van der Waals surface area contributed by atoms with E-state index in [2.05, 4.69) is 15.5 Å². The Hall–Kier alpha value is -3.98. The van der Waals surface area contributed by atoms with E-state index in [0.717, 1.165) is 27.9 Å². The van der Waals surface area contributed by atoms with Gasteiger partial charge in [0, 0.05) is 31.6 Å². The minimum absolute atomic E-state index is 0.0628. The molecule has 38 heavy (non-hydrogen) atoms. The van der Waals surface area contributed by atoms with Crippen molar-refractivity contribution in [2.45, 2.75) is 58.5 Å². The molecular weight excluding hydrogens is 482 g/mol. The summed E-state index contributed by atoms with van der Waals surface area (Å²) in [6.45, 7) is 6.49. The van der Waals surface area contributed by atoms with Gasteiger partial charge in [0.1, 0.15) is 12.1 Å². The molecule has 0 radical (unpaired) electrons. The number of hydrogen-bond donors (Lipinski definition) is 3. The van der Waals surface area contributed by atoms with Crippen LogP contribution in [-0.2, 0) is 22.7 Å². The second-order valence-electron chi connectivity index (χ2n) is 10.5. The van der Waals surface area contributed by atoms with Crippen LogP contribution in [0.25, 0.3) is 11.3 Å². The fourth-order valence-electron chi connectivity index (χ4n) is 5.49. The largest absolute Gasteiger partial charge is 0.391 e. The van der Waals surface area contributed by atoms with E-state index in [1.807, 2.05) is 63.2 Å². The molecule has 3 amide bonds. The number of aryl methyl sites for hydroxylation is 1. The van der Waals surface area contributed by atoms with E-state index < -0.39 is 18.2 Å². The number of fused-ring (bicyclic) bond motifs is 1. The molecule has 2 aliphatic heterocycles. The zero-order valence-corrected chi connectivity index (χ0v) is 21.8. The number of hydrogen-bond acceptors (Lipinski definition) is 5. The molecule has 2 aromatic carbocycles. The minimum atomic E-state index is -0.800. The van der Waals surface area contributed by atoms with Gasteiger partial charge in [-0.05, 0) is 41.2 Å². The third-order valence-corrected chi connectivity index (χ3v) is 7.47. The van der Waals surface area contributed by atoms with Gasteiger partial charge >= 0.3 is 0 Å². The standard InChI is InChI=1S/C29H33N5O4/c1-17(2)26(34-15-21-6-4-5-7-23(21)28(34)37)29(38)33-16-22(35)12-24(33)27(36)30-14-19-8-10-20(11-9-19)25-18(3)13-31-32-25/h4-11,13,17,22,24,26,35H,12,14-16H2,1-3H3,(H,30,36)(H,31,32)/t22-,24+,26+/m1/s1. The number of aromatic nitrogens is 2. The molecule has 1 saturated heterocycles. The first-order chi connectivity index (χ1) is 18.2. The maximum Gasteiger partial charge on any atom is 0.255 e. The number of nitrogens with one attached hydrogen (secondary N) is 2. The summed E-state index contributed by atoms with van der Waals surface area (Å²) in [5.74, 6) is -0.972. The van der Waals surface area contributed by atoms with Crippen molar-refractivity contribution < 1.29 is 19.5 Å². The molecule has 9 heteroatoms. The van der Waals surface area contributed by atoms with E-state index >= 15 is 0 Å². The number of β-amino-alcohol motifs (C(OH)–C–C–N with tert-alkyl or cyclic N) is 1. The minimum Gasteiger partial charge on any atom is -0.391 e. The number of nitrogens with zero attached hydrogens (tertiary/aromatic N) is 3. The maximum atomic E-state index is 13.8. The second kappa shape index (κ2) is 10.4. The summed E-state index contributed by atoms with van der Waals surface area (Å²) in [5, 5.41) is 20.4. The summed E-state index contributed by atoms with van der Waals surface area (Å²) < 4.78 is 0. The number of aromatic amines is 1. The fourth-order valence-corrected chi connectivity index (χ4v) is 5.49. The normalized spacial score (nSPS) is 19.7. The maximum absolute atomic E-state index is 13.8. The highest BCUT2D eigenvalue weighted by molar-refractivity contribution is 6.01. The Bertz CT molecular complexity index is 1350. The van der Waals surface area contributed by atoms with Crippen molar-refractivity contribution in [3.63, 3.8) is 0 Å². The summed E-state index contributed by atoms with van der Waals surface area (Å²) in [5.41, 5.74) is 5.42. The number of carbonyl (C=O) groups excluding carboxylic acids is 3. The molecule has 0 aliphatic carbocycles. The van der Waals surface area contributed by atoms with Crippen LogP contribution in [-0.4, -0.2) is 67.6 Å². The summed E-state index contributed by atoms with van der Waals surface area (Å²) in [7, 11) is 0. The Morgan fingerprint density at radius 3 is 2.55 bits per heavy atom. The topological polar surface area (TPSA) is 119 Å². The molecule has 0 saturated carbocycles. The van der Waals surface area contributed by atoms with Gasteiger partial charge in [-0.2, -0.15) is 5.10 Å². The van der Waals surface area contributed by atoms with Gasteiger partial charge in [0.15, 0.2) is 0 Å². The molecule has 0 spiro atoms. The monoisotopic (exact) mass is 515 g/mol. The van der Waals surface area contributed by atoms with Gasteiger partial charge in [-0.3, -0.25) is 19.5 Å². The Morgan fingerprint density at radius 2 is 1.89 bits per heavy atom. The highest BCUT2D eigenvalue weighted by Gasteiger charge is 2.45. The Balaban J connectivity index is 1.27. The zero-order chi connectivity index (χ0) is 27.0. The van der Waals surface area contributed by atoms with E-state index in [1.54, 1.807) is 17.2 Å². The van der Waals surface area contributed by atoms with Gasteiger partial charge in [0.2, 0.25) is 11.8 Å². The second-order valence-corrected chi connectivity index (χ2v) is 10.5. The first-order valence-corrected chi connectivity index (χ1v) is 13.0. The van der Waals surface area contributed by atoms with Crippen molar-refractivity contribution in [3.8, 4) is 11.3 Å². The van der Waals surface area contributed by atoms with Gasteiger partial charge < -0.3 is 20.2 Å². The highest BCUT2D eigenvalue weighted by atomic mass is 16.3. The molecule has 5 rings (SSSR count). The SMILES string of the molecule is Cc1cn[nH]c1-c1ccc(CNC(=O)[C@@H]2C[C@@H](O)CN2C(=O)[C@H](C(C)C)N2Cc3ccccc3C2=O)cc1. The first kappa shape index (κ1) is 25.7. The molecular formula is C29H33N5O4. The van der Waals surface area contributed by atoms with Crippen LogP contribution in [0, 0.1) is 12.8 Å². The van der Waals surface area contributed by atoms with E-state index in [9.17, 15) is 19.5 Å². The lowest BCUT2D eigenvalue weighted by Gasteiger charge is -2.35. The number of rotatable bonds is 7. The van der Waals surface area contributed by atoms with Gasteiger partial charge in [-0.1, -0.05) is 56.3 Å². The smallest absolute Gasteiger partial charge is 0.255 e. The lowest BCUT2D eigenvalue weighted by molar-refractivity contribution is -0.143. The molecule has 1 aromatic heterocycles. The lowest BCUT2D eigenvalue weighted by atomic mass is 10.0. The van der Waals surface area contributed by atoms with Crippen LogP contribution >= 0.6 is 0 Å². The van der Waals surface area contributed by atoms with E-state index in [4.69, 9.17) is 0 Å². The van der Waals surface area contributed by atoms with Crippen LogP contribution < -0.4 is 5.32 Å². The average Bonchev–Trinajstić information content (AvgIpc) is 3.60. The Kier molecular flexibility index (Phi) is 7.03. The summed E-state index contributed by atoms with van der Waals surface area (Å²) in [4.78, 5) is 43.2. The molecule has 198 valence electrons. The van der Waals surface area contributed by atoms with Crippen LogP contribution in [0.2, 0.25) is 0 Å². The molecule has 3 heterocycles. The van der Waals surface area contributed by atoms with Crippen molar-refractivity contribution >= 4 is 17.7 Å². The predicted octanol–water partition coefficient (Wildman–Crippen LogP) is 2.64. The molecule has 0 bridgehead atoms. The van der Waals surface area contributed by atoms with Crippen molar-refractivity contribution in [3.05, 3.63) is 77.0 Å². The number of benzene rings is 2. The van der Waals surface area contributed by atoms with E-state index in [-0.39, 0.29) is 36.6 Å². The van der Waals surface area contributed by atoms with Crippen LogP contribution in [0.15, 0.2) is 54.7 Å². The molecule has 3 aromatic rings. The molecule has 9 nitrogen and oxygen atoms in total. The molecule has 3 N–H and O–H groups in total. The van der Waals surface area contributed by atoms with E-state index in [1.165, 1.54) is 4.90 Å². The summed E-state index contributed by atoms with van der Waals surface area (Å²) in [6, 6.07) is 13.7. The predicted molar refractivity (Wildman–Crippen MR) is 142 cm³/mol. The van der Waals surface area contributed by atoms with Crippen LogP contribution in [0.4, 0.5) is 0 Å². The lowest BCUT2D eigenvalue weighted by Crippen LogP contribution is -2.55. The van der Waals surface area contributed by atoms with Crippen molar-refractivity contribution in [1.29, 1.82) is 0 Å². The van der Waals surface area contributed by atoms with Gasteiger partial charge in [-0.25, -0.2) is 0 Å². The summed E-state index contributed by atoms with van der Waals surface area (Å²) >= 11 is 0. The van der Waals surface area contributed by atoms with Crippen LogP contribution in [0.3, 0.4) is 0 Å². The summed E-state index contributed by atoms with van der Waals surface area (Å²) in [6.07, 6.45) is 1.13. The van der Waals surface area contributed by atoms with Gasteiger partial charge in [0.05, 0.1) is 18.0 Å². The zero-order valence-electron chi connectivity index (χ0n) is 21.8. The number of amides is 3. The quantitative estimate of drug-likeness (QED) is 0.447. The van der Waals surface area contributed by atoms with Crippen molar-refractivity contribution in [1.82, 2.24) is 25.3 Å². The molecule has 3 atom stereocenters. The number of carbonyl (C=O) groups is 3. The van der Waals surface area contributed by atoms with Crippen LogP contribution in [0.5, 0.6) is 0 Å². The molecule has 2 aliphatic rings. The third-order valence-electron chi connectivity index (χ3n) is 7.47. The third kappa shape index (κ3) is 4.81. The average molecular weight is 516 g/mol. The highest BCUT2D eigenvalue weighted by Crippen LogP contribution is 2.30. The number of aliphatic hydroxyl groups is 1. The Morgan fingerprint density at radius 1 is 1.16 bits per heavy atom. The van der Waals surface area contributed by atoms with Crippen LogP contribution in [0.1, 0.15) is 47.3 Å². The first-order valence-electron chi connectivity index (χ1n) is 13.0. The van der Waals surface area contributed by atoms with Crippen molar-refractivity contribution in [2.24, 2.45) is 5.92 Å². The molecule has 1 fully saturated rings. The van der Waals surface area contributed by atoms with Gasteiger partial charge in [-0.15, -0.1) is 0 Å². The number of aliphatic hydroxyl groups excluding tert-OH is 1. The van der Waals surface area contributed by atoms with E-state index in [0.29, 0.717) is 18.7 Å².